The molecule has 1 aliphatic heterocycles. The molecule has 0 bridgehead atoms. The van der Waals surface area contributed by atoms with E-state index in [-0.39, 0.29) is 29.1 Å². The zero-order valence-corrected chi connectivity index (χ0v) is 29.6. The van der Waals surface area contributed by atoms with Gasteiger partial charge < -0.3 is 24.4 Å². The van der Waals surface area contributed by atoms with Crippen molar-refractivity contribution in [2.75, 3.05) is 42.8 Å². The molecule has 0 spiro atoms. The maximum Gasteiger partial charge on any atom is 0.420 e. The smallest absolute Gasteiger partial charge is 0.420 e. The highest BCUT2D eigenvalue weighted by Gasteiger charge is 2.52. The van der Waals surface area contributed by atoms with Crippen LogP contribution in [-0.2, 0) is 25.2 Å². The molecule has 0 aliphatic carbocycles. The predicted molar refractivity (Wildman–Crippen MR) is 180 cm³/mol. The van der Waals surface area contributed by atoms with Gasteiger partial charge >= 0.3 is 6.18 Å². The van der Waals surface area contributed by atoms with Crippen LogP contribution >= 0.6 is 12.2 Å². The van der Waals surface area contributed by atoms with Gasteiger partial charge in [0.2, 0.25) is 11.8 Å². The van der Waals surface area contributed by atoms with Crippen molar-refractivity contribution in [1.82, 2.24) is 10.3 Å². The summed E-state index contributed by atoms with van der Waals surface area (Å²) in [5.74, 6) is -2.34. The molecule has 1 N–H and O–H groups in total. The summed E-state index contributed by atoms with van der Waals surface area (Å²) in [5.41, 5.74) is -3.81. The van der Waals surface area contributed by atoms with E-state index in [9.17, 15) is 22.8 Å². The van der Waals surface area contributed by atoms with Gasteiger partial charge in [0.25, 0.3) is 5.91 Å². The first kappa shape index (κ1) is 39.6. The van der Waals surface area contributed by atoms with E-state index in [2.05, 4.69) is 31.1 Å². The van der Waals surface area contributed by atoms with E-state index in [1.165, 1.54) is 31.0 Å². The van der Waals surface area contributed by atoms with Crippen molar-refractivity contribution in [3.63, 3.8) is 0 Å². The molecule has 1 aliphatic rings. The SMILES string of the molecule is Cc1cc(OCCCCOCCCOCC(=O)NC(C)C(C)(C)C)ncc1N1C(=S)N(c2ccc(C#N)c(C(F)(F)F)c2F)C(=O)C1(C)C. The van der Waals surface area contributed by atoms with E-state index in [0.717, 1.165) is 18.6 Å². The third-order valence-corrected chi connectivity index (χ3v) is 8.52. The second-order valence-corrected chi connectivity index (χ2v) is 13.7. The molecule has 0 radical (unpaired) electrons. The van der Waals surface area contributed by atoms with Crippen molar-refractivity contribution in [3.05, 3.63) is 46.9 Å². The largest absolute Gasteiger partial charge is 0.478 e. The number of ether oxygens (including phenoxy) is 3. The number of amides is 2. The minimum absolute atomic E-state index is 0.00992. The molecule has 1 atom stereocenters. The number of carbonyl (C=O) groups excluding carboxylic acids is 2. The van der Waals surface area contributed by atoms with Crippen LogP contribution < -0.4 is 19.9 Å². The third-order valence-electron chi connectivity index (χ3n) is 8.15. The summed E-state index contributed by atoms with van der Waals surface area (Å²) < 4.78 is 73.1. The summed E-state index contributed by atoms with van der Waals surface area (Å²) in [4.78, 5) is 31.9. The molecule has 268 valence electrons. The zero-order valence-electron chi connectivity index (χ0n) is 28.8. The molecule has 1 aromatic heterocycles. The predicted octanol–water partition coefficient (Wildman–Crippen LogP) is 6.47. The monoisotopic (exact) mass is 709 g/mol. The number of nitrogens with zero attached hydrogens (tertiary/aromatic N) is 4. The molecule has 3 rings (SSSR count). The number of thiocarbonyl (C=S) groups is 1. The van der Waals surface area contributed by atoms with Crippen LogP contribution in [0.15, 0.2) is 24.4 Å². The van der Waals surface area contributed by atoms with Gasteiger partial charge in [0.05, 0.1) is 35.8 Å². The average molecular weight is 710 g/mol. The van der Waals surface area contributed by atoms with Gasteiger partial charge in [0, 0.05) is 31.9 Å². The standard InChI is InChI=1S/C34H43F4N5O5S/c1-21-17-27(48-16-9-8-13-46-14-10-15-47-20-26(44)41-22(2)32(3,4)5)40-19-25(21)43-31(49)42(30(45)33(43,6)7)24-12-11-23(18-39)28(29(24)35)34(36,37)38/h11-12,17,19,22H,8-10,13-16,20H2,1-7H3,(H,41,44). The van der Waals surface area contributed by atoms with Gasteiger partial charge in [-0.05, 0) is 82.3 Å². The number of anilines is 2. The van der Waals surface area contributed by atoms with Crippen molar-refractivity contribution in [2.24, 2.45) is 5.41 Å². The zero-order chi connectivity index (χ0) is 36.7. The molecule has 1 fully saturated rings. The third kappa shape index (κ3) is 9.64. The lowest BCUT2D eigenvalue weighted by Gasteiger charge is -2.30. The van der Waals surface area contributed by atoms with Crippen molar-refractivity contribution in [3.8, 4) is 11.9 Å². The Kier molecular flexibility index (Phi) is 13.1. The van der Waals surface area contributed by atoms with E-state index < -0.39 is 40.3 Å². The Labute approximate surface area is 289 Å². The van der Waals surface area contributed by atoms with Crippen LogP contribution in [0.4, 0.5) is 28.9 Å². The lowest BCUT2D eigenvalue weighted by atomic mass is 9.88. The van der Waals surface area contributed by atoms with Crippen molar-refractivity contribution >= 4 is 40.5 Å². The van der Waals surface area contributed by atoms with Crippen molar-refractivity contribution in [1.29, 1.82) is 5.26 Å². The fourth-order valence-corrected chi connectivity index (χ4v) is 5.38. The first-order valence-electron chi connectivity index (χ1n) is 15.8. The number of aryl methyl sites for hydroxylation is 1. The van der Waals surface area contributed by atoms with Crippen LogP contribution in [0.3, 0.4) is 0 Å². The molecule has 1 saturated heterocycles. The number of hydrogen-bond donors (Lipinski definition) is 1. The number of unbranched alkanes of at least 4 members (excludes halogenated alkanes) is 1. The highest BCUT2D eigenvalue weighted by atomic mass is 32.1. The second-order valence-electron chi connectivity index (χ2n) is 13.3. The minimum Gasteiger partial charge on any atom is -0.478 e. The number of pyridine rings is 1. The summed E-state index contributed by atoms with van der Waals surface area (Å²) in [6, 6.07) is 4.77. The fourth-order valence-electron chi connectivity index (χ4n) is 4.87. The topological polar surface area (TPSA) is 117 Å². The van der Waals surface area contributed by atoms with E-state index in [1.54, 1.807) is 13.0 Å². The number of aromatic nitrogens is 1. The number of rotatable bonds is 15. The van der Waals surface area contributed by atoms with Crippen LogP contribution in [0.5, 0.6) is 5.88 Å². The Morgan fingerprint density at radius 2 is 1.71 bits per heavy atom. The number of alkyl halides is 3. The lowest BCUT2D eigenvalue weighted by molar-refractivity contribution is -0.140. The highest BCUT2D eigenvalue weighted by Crippen LogP contribution is 2.42. The molecule has 15 heteroatoms. The molecule has 2 aromatic rings. The average Bonchev–Trinajstić information content (AvgIpc) is 3.17. The number of carbonyl (C=O) groups is 2. The summed E-state index contributed by atoms with van der Waals surface area (Å²) in [7, 11) is 0. The molecule has 1 unspecified atom stereocenters. The van der Waals surface area contributed by atoms with Crippen LogP contribution in [0.1, 0.15) is 77.5 Å². The van der Waals surface area contributed by atoms with Crippen LogP contribution in [0.25, 0.3) is 0 Å². The highest BCUT2D eigenvalue weighted by molar-refractivity contribution is 7.81. The molecular weight excluding hydrogens is 666 g/mol. The van der Waals surface area contributed by atoms with E-state index in [0.29, 0.717) is 61.3 Å². The van der Waals surface area contributed by atoms with Gasteiger partial charge in [-0.25, -0.2) is 9.37 Å². The van der Waals surface area contributed by atoms with E-state index >= 15 is 4.39 Å². The molecular formula is C34H43F4N5O5S. The summed E-state index contributed by atoms with van der Waals surface area (Å²) in [6.07, 6.45) is -1.65. The molecule has 10 nitrogen and oxygen atoms in total. The molecule has 2 amide bonds. The molecule has 1 aromatic carbocycles. The number of nitriles is 1. The van der Waals surface area contributed by atoms with Gasteiger partial charge in [-0.1, -0.05) is 20.8 Å². The summed E-state index contributed by atoms with van der Waals surface area (Å²) >= 11 is 5.51. The van der Waals surface area contributed by atoms with Gasteiger partial charge in [-0.3, -0.25) is 14.5 Å². The number of benzene rings is 1. The van der Waals surface area contributed by atoms with Gasteiger partial charge in [0.1, 0.15) is 17.7 Å². The Morgan fingerprint density at radius 3 is 2.33 bits per heavy atom. The first-order valence-corrected chi connectivity index (χ1v) is 16.3. The summed E-state index contributed by atoms with van der Waals surface area (Å²) in [5, 5.41) is 11.8. The number of nitrogens with one attached hydrogen (secondary N) is 1. The Balaban J connectivity index is 1.49. The van der Waals surface area contributed by atoms with Crippen LogP contribution in [0, 0.1) is 29.5 Å². The lowest BCUT2D eigenvalue weighted by Crippen LogP contribution is -2.44. The number of hydrogen-bond acceptors (Lipinski definition) is 8. The van der Waals surface area contributed by atoms with Gasteiger partial charge in [-0.2, -0.15) is 18.4 Å². The summed E-state index contributed by atoms with van der Waals surface area (Å²) in [6.45, 7) is 14.7. The second kappa shape index (κ2) is 16.2. The quantitative estimate of drug-likeness (QED) is 0.126. The Bertz CT molecular complexity index is 1570. The molecule has 49 heavy (non-hydrogen) atoms. The molecule has 0 saturated carbocycles. The molecule has 2 heterocycles. The van der Waals surface area contributed by atoms with Crippen molar-refractivity contribution < 1.29 is 41.4 Å². The minimum atomic E-state index is -5.17. The fraction of sp³-hybridized carbons (Fsp3) is 0.559. The van der Waals surface area contributed by atoms with Crippen molar-refractivity contribution in [2.45, 2.75) is 85.5 Å². The van der Waals surface area contributed by atoms with Gasteiger partial charge in [-0.15, -0.1) is 0 Å². The van der Waals surface area contributed by atoms with Gasteiger partial charge in [0.15, 0.2) is 10.9 Å². The number of halogens is 4. The van der Waals surface area contributed by atoms with Crippen LogP contribution in [0.2, 0.25) is 0 Å². The maximum absolute atomic E-state index is 15.3. The van der Waals surface area contributed by atoms with E-state index in [4.69, 9.17) is 31.7 Å². The first-order chi connectivity index (χ1) is 22.8. The maximum atomic E-state index is 15.3. The Morgan fingerprint density at radius 1 is 1.08 bits per heavy atom. The Hall–Kier alpha value is -3.87. The van der Waals surface area contributed by atoms with E-state index in [1.807, 2.05) is 6.92 Å². The van der Waals surface area contributed by atoms with Crippen LogP contribution in [-0.4, -0.2) is 66.5 Å². The normalized spacial score (nSPS) is 15.4.